The monoisotopic (exact) mass is 363 g/mol. The zero-order valence-electron chi connectivity index (χ0n) is 16.0. The van der Waals surface area contributed by atoms with E-state index in [1.165, 1.54) is 0 Å². The highest BCUT2D eigenvalue weighted by molar-refractivity contribution is 5.92. The third kappa shape index (κ3) is 4.78. The molecule has 3 rings (SSSR count). The fourth-order valence-electron chi connectivity index (χ4n) is 2.97. The smallest absolute Gasteiger partial charge is 0.224 e. The predicted octanol–water partition coefficient (Wildman–Crippen LogP) is 4.19. The number of carbonyl (C=O) groups is 1. The zero-order chi connectivity index (χ0) is 19.2. The van der Waals surface area contributed by atoms with Crippen molar-refractivity contribution in [1.29, 1.82) is 0 Å². The summed E-state index contributed by atoms with van der Waals surface area (Å²) in [5.74, 6) is 0.965. The minimum Gasteiger partial charge on any atom is -0.326 e. The third-order valence-electron chi connectivity index (χ3n) is 4.44. The van der Waals surface area contributed by atoms with Gasteiger partial charge in [0, 0.05) is 17.7 Å². The summed E-state index contributed by atoms with van der Waals surface area (Å²) in [7, 11) is 0. The van der Waals surface area contributed by atoms with Crippen molar-refractivity contribution in [1.82, 2.24) is 20.2 Å². The Morgan fingerprint density at radius 2 is 1.89 bits per heavy atom. The molecule has 0 unspecified atom stereocenters. The summed E-state index contributed by atoms with van der Waals surface area (Å²) in [6, 6.07) is 15.8. The van der Waals surface area contributed by atoms with E-state index < -0.39 is 0 Å². The van der Waals surface area contributed by atoms with Gasteiger partial charge in [0.2, 0.25) is 11.7 Å². The van der Waals surface area contributed by atoms with Gasteiger partial charge in [-0.05, 0) is 35.6 Å². The molecular formula is C21H25N5O. The largest absolute Gasteiger partial charge is 0.326 e. The standard InChI is InChI=1S/C21H25N5O/c1-15(2)18-12-7-9-16(3)20(18)22-19(27)13-8-14-26-24-21(23-25-26)17-10-5-4-6-11-17/h4-7,9-12,15H,8,13-14H2,1-3H3,(H,22,27). The molecule has 27 heavy (non-hydrogen) atoms. The molecule has 6 heteroatoms. The van der Waals surface area contributed by atoms with Crippen LogP contribution in [0.15, 0.2) is 48.5 Å². The summed E-state index contributed by atoms with van der Waals surface area (Å²) in [6.45, 7) is 6.83. The average Bonchev–Trinajstić information content (AvgIpc) is 3.13. The summed E-state index contributed by atoms with van der Waals surface area (Å²) < 4.78 is 0. The van der Waals surface area contributed by atoms with Crippen molar-refractivity contribution >= 4 is 11.6 Å². The van der Waals surface area contributed by atoms with Crippen molar-refractivity contribution in [3.8, 4) is 11.4 Å². The Kier molecular flexibility index (Phi) is 5.96. The van der Waals surface area contributed by atoms with Gasteiger partial charge in [0.05, 0.1) is 6.54 Å². The van der Waals surface area contributed by atoms with E-state index in [0.29, 0.717) is 31.1 Å². The van der Waals surface area contributed by atoms with Gasteiger partial charge in [-0.1, -0.05) is 62.4 Å². The number of nitrogens with zero attached hydrogens (tertiary/aromatic N) is 4. The van der Waals surface area contributed by atoms with E-state index in [0.717, 1.165) is 22.4 Å². The number of rotatable bonds is 7. The molecule has 0 aliphatic heterocycles. The number of hydrogen-bond acceptors (Lipinski definition) is 4. The second-order valence-corrected chi connectivity index (χ2v) is 6.92. The van der Waals surface area contributed by atoms with Gasteiger partial charge in [-0.15, -0.1) is 10.2 Å². The molecule has 0 bridgehead atoms. The van der Waals surface area contributed by atoms with E-state index in [1.54, 1.807) is 4.80 Å². The Bertz CT molecular complexity index is 902. The van der Waals surface area contributed by atoms with Gasteiger partial charge < -0.3 is 5.32 Å². The summed E-state index contributed by atoms with van der Waals surface area (Å²) >= 11 is 0. The van der Waals surface area contributed by atoms with Crippen molar-refractivity contribution in [2.45, 2.75) is 46.1 Å². The lowest BCUT2D eigenvalue weighted by atomic mass is 9.98. The number of aromatic nitrogens is 4. The molecule has 3 aromatic rings. The fraction of sp³-hybridized carbons (Fsp3) is 0.333. The molecule has 0 aliphatic rings. The van der Waals surface area contributed by atoms with Crippen LogP contribution in [0, 0.1) is 6.92 Å². The van der Waals surface area contributed by atoms with Gasteiger partial charge in [-0.2, -0.15) is 4.80 Å². The maximum Gasteiger partial charge on any atom is 0.224 e. The van der Waals surface area contributed by atoms with Crippen LogP contribution in [-0.4, -0.2) is 26.1 Å². The molecule has 0 aliphatic carbocycles. The molecule has 0 saturated heterocycles. The number of tetrazole rings is 1. The normalized spacial score (nSPS) is 11.0. The van der Waals surface area contributed by atoms with Crippen LogP contribution in [0.25, 0.3) is 11.4 Å². The van der Waals surface area contributed by atoms with Crippen LogP contribution in [0.2, 0.25) is 0 Å². The van der Waals surface area contributed by atoms with E-state index in [-0.39, 0.29) is 5.91 Å². The summed E-state index contributed by atoms with van der Waals surface area (Å²) in [5.41, 5.74) is 4.11. The number of benzene rings is 2. The minimum absolute atomic E-state index is 0.00889. The molecule has 1 N–H and O–H groups in total. The molecule has 140 valence electrons. The van der Waals surface area contributed by atoms with Crippen LogP contribution < -0.4 is 5.32 Å². The maximum atomic E-state index is 12.4. The lowest BCUT2D eigenvalue weighted by molar-refractivity contribution is -0.116. The zero-order valence-corrected chi connectivity index (χ0v) is 16.0. The van der Waals surface area contributed by atoms with Gasteiger partial charge in [0.25, 0.3) is 0 Å². The lowest BCUT2D eigenvalue weighted by Gasteiger charge is -2.16. The van der Waals surface area contributed by atoms with Gasteiger partial charge in [-0.3, -0.25) is 4.79 Å². The molecular weight excluding hydrogens is 338 g/mol. The molecule has 0 fully saturated rings. The number of carbonyl (C=O) groups excluding carboxylic acids is 1. The SMILES string of the molecule is Cc1cccc(C(C)C)c1NC(=O)CCCn1nnc(-c2ccccc2)n1. The summed E-state index contributed by atoms with van der Waals surface area (Å²) in [6.07, 6.45) is 1.06. The molecule has 1 heterocycles. The number of aryl methyl sites for hydroxylation is 2. The van der Waals surface area contributed by atoms with Crippen LogP contribution in [0.5, 0.6) is 0 Å². The number of para-hydroxylation sites is 1. The second kappa shape index (κ2) is 8.58. The predicted molar refractivity (Wildman–Crippen MR) is 106 cm³/mol. The van der Waals surface area contributed by atoms with Gasteiger partial charge >= 0.3 is 0 Å². The average molecular weight is 363 g/mol. The molecule has 2 aromatic carbocycles. The molecule has 1 amide bonds. The second-order valence-electron chi connectivity index (χ2n) is 6.92. The fourth-order valence-corrected chi connectivity index (χ4v) is 2.97. The van der Waals surface area contributed by atoms with Crippen molar-refractivity contribution < 1.29 is 4.79 Å². The molecule has 0 atom stereocenters. The van der Waals surface area contributed by atoms with Gasteiger partial charge in [0.15, 0.2) is 0 Å². The molecule has 6 nitrogen and oxygen atoms in total. The van der Waals surface area contributed by atoms with E-state index in [2.05, 4.69) is 40.6 Å². The van der Waals surface area contributed by atoms with E-state index in [4.69, 9.17) is 0 Å². The first kappa shape index (κ1) is 18.8. The van der Waals surface area contributed by atoms with Gasteiger partial charge in [0.1, 0.15) is 0 Å². The van der Waals surface area contributed by atoms with Crippen LogP contribution in [0.3, 0.4) is 0 Å². The van der Waals surface area contributed by atoms with Crippen molar-refractivity contribution in [2.24, 2.45) is 0 Å². The lowest BCUT2D eigenvalue weighted by Crippen LogP contribution is -2.15. The van der Waals surface area contributed by atoms with Crippen LogP contribution in [0.1, 0.15) is 43.7 Å². The Morgan fingerprint density at radius 3 is 2.63 bits per heavy atom. The quantitative estimate of drug-likeness (QED) is 0.683. The minimum atomic E-state index is 0.00889. The molecule has 0 spiro atoms. The van der Waals surface area contributed by atoms with Gasteiger partial charge in [-0.25, -0.2) is 0 Å². The highest BCUT2D eigenvalue weighted by Gasteiger charge is 2.12. The first-order chi connectivity index (χ1) is 13.0. The van der Waals surface area contributed by atoms with E-state index in [1.807, 2.05) is 49.4 Å². The van der Waals surface area contributed by atoms with Crippen LogP contribution >= 0.6 is 0 Å². The van der Waals surface area contributed by atoms with Crippen LogP contribution in [-0.2, 0) is 11.3 Å². The number of nitrogens with one attached hydrogen (secondary N) is 1. The number of hydrogen-bond donors (Lipinski definition) is 1. The van der Waals surface area contributed by atoms with Crippen molar-refractivity contribution in [2.75, 3.05) is 5.32 Å². The summed E-state index contributed by atoms with van der Waals surface area (Å²) in [4.78, 5) is 13.9. The Morgan fingerprint density at radius 1 is 1.11 bits per heavy atom. The highest BCUT2D eigenvalue weighted by Crippen LogP contribution is 2.27. The highest BCUT2D eigenvalue weighted by atomic mass is 16.1. The van der Waals surface area contributed by atoms with E-state index in [9.17, 15) is 4.79 Å². The maximum absolute atomic E-state index is 12.4. The Labute approximate surface area is 159 Å². The molecule has 0 saturated carbocycles. The first-order valence-corrected chi connectivity index (χ1v) is 9.27. The Hall–Kier alpha value is -3.02. The third-order valence-corrected chi connectivity index (χ3v) is 4.44. The van der Waals surface area contributed by atoms with Crippen LogP contribution in [0.4, 0.5) is 5.69 Å². The first-order valence-electron chi connectivity index (χ1n) is 9.27. The van der Waals surface area contributed by atoms with Crippen molar-refractivity contribution in [3.05, 3.63) is 59.7 Å². The Balaban J connectivity index is 1.55. The van der Waals surface area contributed by atoms with Crippen molar-refractivity contribution in [3.63, 3.8) is 0 Å². The molecule has 1 aromatic heterocycles. The number of amides is 1. The summed E-state index contributed by atoms with van der Waals surface area (Å²) in [5, 5.41) is 15.6. The number of anilines is 1. The molecule has 0 radical (unpaired) electrons. The topological polar surface area (TPSA) is 72.7 Å². The van der Waals surface area contributed by atoms with E-state index >= 15 is 0 Å².